The van der Waals surface area contributed by atoms with E-state index in [-0.39, 0.29) is 6.03 Å². The minimum absolute atomic E-state index is 0.249. The van der Waals surface area contributed by atoms with Gasteiger partial charge in [0.15, 0.2) is 0 Å². The zero-order valence-electron chi connectivity index (χ0n) is 14.8. The first kappa shape index (κ1) is 18.9. The van der Waals surface area contributed by atoms with Gasteiger partial charge in [-0.15, -0.1) is 0 Å². The lowest BCUT2D eigenvalue weighted by molar-refractivity contribution is -0.00232. The van der Waals surface area contributed by atoms with Crippen LogP contribution in [0.15, 0.2) is 18.2 Å². The number of amides is 2. The normalized spacial score (nSPS) is 20.5. The largest absolute Gasteiger partial charge is 0.376 e. The number of hydrogen-bond donors (Lipinski definition) is 2. The van der Waals surface area contributed by atoms with Crippen molar-refractivity contribution in [3.8, 4) is 0 Å². The molecule has 24 heavy (non-hydrogen) atoms. The van der Waals surface area contributed by atoms with Gasteiger partial charge in [-0.3, -0.25) is 0 Å². The maximum Gasteiger partial charge on any atom is 0.319 e. The first-order chi connectivity index (χ1) is 11.5. The molecule has 0 aliphatic heterocycles. The molecule has 1 saturated carbocycles. The molecule has 6 heteroatoms. The highest BCUT2D eigenvalue weighted by atomic mass is 35.5. The van der Waals surface area contributed by atoms with E-state index in [4.69, 9.17) is 16.3 Å². The number of nitrogens with zero attached hydrogens (tertiary/aromatic N) is 1. The molecule has 1 fully saturated rings. The van der Waals surface area contributed by atoms with Crippen molar-refractivity contribution in [2.45, 2.75) is 38.7 Å². The summed E-state index contributed by atoms with van der Waals surface area (Å²) in [4.78, 5) is 14.0. The quantitative estimate of drug-likeness (QED) is 0.756. The second kappa shape index (κ2) is 9.14. The molecule has 2 N–H and O–H groups in total. The van der Waals surface area contributed by atoms with Crippen molar-refractivity contribution in [2.75, 3.05) is 37.5 Å². The fraction of sp³-hybridized carbons (Fsp3) is 0.611. The van der Waals surface area contributed by atoms with Gasteiger partial charge < -0.3 is 20.3 Å². The third-order valence-electron chi connectivity index (χ3n) is 4.43. The van der Waals surface area contributed by atoms with Crippen LogP contribution in [-0.4, -0.2) is 39.4 Å². The molecule has 0 aromatic heterocycles. The summed E-state index contributed by atoms with van der Waals surface area (Å²) in [6, 6.07) is 5.21. The van der Waals surface area contributed by atoms with Crippen LogP contribution in [0, 0.1) is 5.92 Å². The molecule has 1 aliphatic carbocycles. The monoisotopic (exact) mass is 353 g/mol. The van der Waals surface area contributed by atoms with Gasteiger partial charge in [0.05, 0.1) is 29.1 Å². The average Bonchev–Trinajstić information content (AvgIpc) is 2.53. The predicted octanol–water partition coefficient (Wildman–Crippen LogP) is 4.12. The molecule has 134 valence electrons. The third kappa shape index (κ3) is 5.28. The average molecular weight is 354 g/mol. The van der Waals surface area contributed by atoms with Gasteiger partial charge in [-0.05, 0) is 30.9 Å². The summed E-state index contributed by atoms with van der Waals surface area (Å²) < 4.78 is 5.91. The van der Waals surface area contributed by atoms with Crippen LogP contribution < -0.4 is 15.5 Å². The lowest BCUT2D eigenvalue weighted by atomic mass is 9.88. The SMILES string of the molecule is C[C@@H]1CCCC[C@@H]1OCCNC(=O)Nc1cccc(Cl)c1N(C)C. The molecule has 2 amide bonds. The fourth-order valence-electron chi connectivity index (χ4n) is 3.14. The van der Waals surface area contributed by atoms with Gasteiger partial charge in [0.25, 0.3) is 0 Å². The Bertz CT molecular complexity index is 551. The first-order valence-corrected chi connectivity index (χ1v) is 8.99. The standard InChI is InChI=1S/C18H28ClN3O2/c1-13-7-4-5-10-16(13)24-12-11-20-18(23)21-15-9-6-8-14(19)17(15)22(2)3/h6,8-9,13,16H,4-5,7,10-12H2,1-3H3,(H2,20,21,23)/t13-,16+/m1/s1. The van der Waals surface area contributed by atoms with E-state index >= 15 is 0 Å². The van der Waals surface area contributed by atoms with Crippen molar-refractivity contribution in [2.24, 2.45) is 5.92 Å². The minimum Gasteiger partial charge on any atom is -0.376 e. The van der Waals surface area contributed by atoms with Crippen LogP contribution in [0.2, 0.25) is 5.02 Å². The Balaban J connectivity index is 1.77. The summed E-state index contributed by atoms with van der Waals surface area (Å²) in [5.41, 5.74) is 1.48. The van der Waals surface area contributed by atoms with Gasteiger partial charge in [0.2, 0.25) is 0 Å². The number of benzene rings is 1. The van der Waals surface area contributed by atoms with Gasteiger partial charge in [-0.1, -0.05) is 37.4 Å². The topological polar surface area (TPSA) is 53.6 Å². The highest BCUT2D eigenvalue weighted by Gasteiger charge is 2.21. The molecular formula is C18H28ClN3O2. The maximum absolute atomic E-state index is 12.1. The number of ether oxygens (including phenoxy) is 1. The molecule has 1 aromatic carbocycles. The molecular weight excluding hydrogens is 326 g/mol. The number of halogens is 1. The molecule has 2 atom stereocenters. The van der Waals surface area contributed by atoms with E-state index in [1.54, 1.807) is 6.07 Å². The maximum atomic E-state index is 12.1. The number of urea groups is 1. The molecule has 1 aliphatic rings. The molecule has 0 heterocycles. The van der Waals surface area contributed by atoms with Gasteiger partial charge in [0, 0.05) is 20.6 Å². The molecule has 0 radical (unpaired) electrons. The van der Waals surface area contributed by atoms with Crippen molar-refractivity contribution in [1.29, 1.82) is 0 Å². The van der Waals surface area contributed by atoms with Crippen molar-refractivity contribution in [1.82, 2.24) is 5.32 Å². The highest BCUT2D eigenvalue weighted by Crippen LogP contribution is 2.32. The molecule has 0 saturated heterocycles. The van der Waals surface area contributed by atoms with Crippen LogP contribution in [0.1, 0.15) is 32.6 Å². The van der Waals surface area contributed by atoms with Crippen molar-refractivity contribution >= 4 is 29.0 Å². The van der Waals surface area contributed by atoms with Crippen LogP contribution in [0.4, 0.5) is 16.2 Å². The van der Waals surface area contributed by atoms with Crippen LogP contribution in [0.5, 0.6) is 0 Å². The zero-order valence-corrected chi connectivity index (χ0v) is 15.5. The first-order valence-electron chi connectivity index (χ1n) is 8.61. The number of carbonyl (C=O) groups excluding carboxylic acids is 1. The third-order valence-corrected chi connectivity index (χ3v) is 4.74. The lowest BCUT2D eigenvalue weighted by Crippen LogP contribution is -2.34. The van der Waals surface area contributed by atoms with Gasteiger partial charge in [-0.2, -0.15) is 0 Å². The second-order valence-electron chi connectivity index (χ2n) is 6.58. The number of hydrogen-bond acceptors (Lipinski definition) is 3. The predicted molar refractivity (Wildman–Crippen MR) is 100 cm³/mol. The van der Waals surface area contributed by atoms with E-state index < -0.39 is 0 Å². The summed E-state index contributed by atoms with van der Waals surface area (Å²) in [7, 11) is 3.78. The molecule has 5 nitrogen and oxygen atoms in total. The molecule has 0 spiro atoms. The summed E-state index contributed by atoms with van der Waals surface area (Å²) >= 11 is 6.20. The fourth-order valence-corrected chi connectivity index (χ4v) is 3.49. The second-order valence-corrected chi connectivity index (χ2v) is 6.99. The Morgan fingerprint density at radius 3 is 2.79 bits per heavy atom. The number of carbonyl (C=O) groups is 1. The van der Waals surface area contributed by atoms with Crippen molar-refractivity contribution in [3.63, 3.8) is 0 Å². The molecule has 0 unspecified atom stereocenters. The van der Waals surface area contributed by atoms with Crippen molar-refractivity contribution in [3.05, 3.63) is 23.2 Å². The van der Waals surface area contributed by atoms with Crippen molar-refractivity contribution < 1.29 is 9.53 Å². The van der Waals surface area contributed by atoms with Gasteiger partial charge in [0.1, 0.15) is 0 Å². The van der Waals surface area contributed by atoms with Crippen LogP contribution in [-0.2, 0) is 4.74 Å². The lowest BCUT2D eigenvalue weighted by Gasteiger charge is -2.28. The molecule has 2 rings (SSSR count). The van der Waals surface area contributed by atoms with E-state index in [0.29, 0.717) is 35.9 Å². The number of rotatable bonds is 6. The summed E-state index contributed by atoms with van der Waals surface area (Å²) in [5.74, 6) is 0.613. The van der Waals surface area contributed by atoms with E-state index in [1.807, 2.05) is 31.1 Å². The van der Waals surface area contributed by atoms with Gasteiger partial charge in [-0.25, -0.2) is 4.79 Å². The summed E-state index contributed by atoms with van der Waals surface area (Å²) in [6.07, 6.45) is 5.24. The molecule has 0 bridgehead atoms. The molecule has 1 aromatic rings. The van der Waals surface area contributed by atoms with E-state index in [2.05, 4.69) is 17.6 Å². The smallest absolute Gasteiger partial charge is 0.319 e. The summed E-state index contributed by atoms with van der Waals surface area (Å²) in [5, 5.41) is 6.29. The van der Waals surface area contributed by atoms with E-state index in [1.165, 1.54) is 19.3 Å². The number of anilines is 2. The zero-order chi connectivity index (χ0) is 17.5. The van der Waals surface area contributed by atoms with Gasteiger partial charge >= 0.3 is 6.03 Å². The number of para-hydroxylation sites is 1. The Morgan fingerprint density at radius 2 is 2.08 bits per heavy atom. The highest BCUT2D eigenvalue weighted by molar-refractivity contribution is 6.34. The summed E-state index contributed by atoms with van der Waals surface area (Å²) in [6.45, 7) is 3.28. The Labute approximate surface area is 149 Å². The Morgan fingerprint density at radius 1 is 1.33 bits per heavy atom. The minimum atomic E-state index is -0.249. The van der Waals surface area contributed by atoms with E-state index in [9.17, 15) is 4.79 Å². The van der Waals surface area contributed by atoms with E-state index in [0.717, 1.165) is 12.1 Å². The van der Waals surface area contributed by atoms with Crippen LogP contribution >= 0.6 is 11.6 Å². The Kier molecular flexibility index (Phi) is 7.18. The number of nitrogens with one attached hydrogen (secondary N) is 2. The Hall–Kier alpha value is -1.46. The van der Waals surface area contributed by atoms with Crippen LogP contribution in [0.3, 0.4) is 0 Å². The van der Waals surface area contributed by atoms with Crippen LogP contribution in [0.25, 0.3) is 0 Å².